The van der Waals surface area contributed by atoms with Crippen LogP contribution in [0.4, 0.5) is 17.6 Å². The maximum atomic E-state index is 13.5. The quantitative estimate of drug-likeness (QED) is 0.873. The van der Waals surface area contributed by atoms with Crippen molar-refractivity contribution in [3.63, 3.8) is 0 Å². The summed E-state index contributed by atoms with van der Waals surface area (Å²) in [4.78, 5) is 3.74. The predicted octanol–water partition coefficient (Wildman–Crippen LogP) is 3.61. The highest BCUT2D eigenvalue weighted by atomic mass is 32.1. The van der Waals surface area contributed by atoms with Gasteiger partial charge in [-0.05, 0) is 18.7 Å². The molecule has 0 saturated carbocycles. The van der Waals surface area contributed by atoms with Gasteiger partial charge in [0.1, 0.15) is 5.82 Å². The van der Waals surface area contributed by atoms with Crippen LogP contribution >= 0.6 is 11.3 Å². The summed E-state index contributed by atoms with van der Waals surface area (Å²) in [6.45, 7) is 0.0871. The molecule has 0 aliphatic rings. The lowest BCUT2D eigenvalue weighted by atomic mass is 10.1. The van der Waals surface area contributed by atoms with Crippen LogP contribution in [0, 0.1) is 5.82 Å². The Labute approximate surface area is 117 Å². The topological polar surface area (TPSA) is 24.9 Å². The smallest absolute Gasteiger partial charge is 0.315 e. The van der Waals surface area contributed by atoms with Crippen molar-refractivity contribution in [1.82, 2.24) is 10.3 Å². The van der Waals surface area contributed by atoms with Gasteiger partial charge in [0.2, 0.25) is 0 Å². The first kappa shape index (κ1) is 14.9. The summed E-state index contributed by atoms with van der Waals surface area (Å²) < 4.78 is 52.0. The molecule has 0 atom stereocenters. The third-order valence-electron chi connectivity index (χ3n) is 2.65. The van der Waals surface area contributed by atoms with Gasteiger partial charge in [-0.3, -0.25) is 0 Å². The summed E-state index contributed by atoms with van der Waals surface area (Å²) in [5.41, 5.74) is -0.547. The maximum Gasteiger partial charge on any atom is 0.434 e. The van der Waals surface area contributed by atoms with Crippen LogP contribution in [0.25, 0.3) is 0 Å². The van der Waals surface area contributed by atoms with E-state index in [1.165, 1.54) is 12.1 Å². The third kappa shape index (κ3) is 3.34. The van der Waals surface area contributed by atoms with E-state index >= 15 is 0 Å². The van der Waals surface area contributed by atoms with E-state index in [0.717, 1.165) is 11.3 Å². The summed E-state index contributed by atoms with van der Waals surface area (Å²) in [6.07, 6.45) is -4.43. The van der Waals surface area contributed by atoms with E-state index in [-0.39, 0.29) is 22.9 Å². The van der Waals surface area contributed by atoms with Crippen LogP contribution in [-0.2, 0) is 19.1 Å². The van der Waals surface area contributed by atoms with Crippen LogP contribution < -0.4 is 5.32 Å². The molecule has 0 fully saturated rings. The average Bonchev–Trinajstić information content (AvgIpc) is 2.76. The lowest BCUT2D eigenvalue weighted by Crippen LogP contribution is -2.12. The van der Waals surface area contributed by atoms with Gasteiger partial charge in [-0.25, -0.2) is 9.37 Å². The second-order valence-electron chi connectivity index (χ2n) is 4.18. The number of halogens is 4. The number of aromatic nitrogens is 1. The fourth-order valence-electron chi connectivity index (χ4n) is 1.78. The fourth-order valence-corrected chi connectivity index (χ4v) is 2.91. The molecule has 1 aromatic carbocycles. The van der Waals surface area contributed by atoms with Crippen LogP contribution in [0.15, 0.2) is 24.3 Å². The monoisotopic (exact) mass is 304 g/mol. The molecule has 0 amide bonds. The molecule has 2 nitrogen and oxygen atoms in total. The first-order valence-electron chi connectivity index (χ1n) is 5.85. The Kier molecular flexibility index (Phi) is 4.39. The molecule has 0 saturated heterocycles. The molecule has 7 heteroatoms. The second-order valence-corrected chi connectivity index (χ2v) is 5.34. The van der Waals surface area contributed by atoms with Gasteiger partial charge >= 0.3 is 6.18 Å². The van der Waals surface area contributed by atoms with E-state index in [4.69, 9.17) is 0 Å². The third-order valence-corrected chi connectivity index (χ3v) is 3.70. The Morgan fingerprint density at radius 3 is 2.55 bits per heavy atom. The van der Waals surface area contributed by atoms with Gasteiger partial charge in [0.15, 0.2) is 5.69 Å². The minimum Gasteiger partial charge on any atom is -0.315 e. The molecule has 20 heavy (non-hydrogen) atoms. The zero-order valence-electron chi connectivity index (χ0n) is 10.6. The highest BCUT2D eigenvalue weighted by Crippen LogP contribution is 2.35. The fraction of sp³-hybridized carbons (Fsp3) is 0.308. The molecule has 0 spiro atoms. The largest absolute Gasteiger partial charge is 0.434 e. The molecule has 0 bridgehead atoms. The first-order chi connectivity index (χ1) is 9.41. The Balaban J connectivity index is 2.32. The Bertz CT molecular complexity index is 592. The highest BCUT2D eigenvalue weighted by Gasteiger charge is 2.37. The van der Waals surface area contributed by atoms with Gasteiger partial charge in [-0.15, -0.1) is 11.3 Å². The number of alkyl halides is 3. The van der Waals surface area contributed by atoms with Crippen molar-refractivity contribution in [2.45, 2.75) is 19.1 Å². The SMILES string of the molecule is CNCc1sc(Cc2ccccc2F)nc1C(F)(F)F. The summed E-state index contributed by atoms with van der Waals surface area (Å²) in [5, 5.41) is 2.94. The maximum absolute atomic E-state index is 13.5. The second kappa shape index (κ2) is 5.88. The number of rotatable bonds is 4. The molecular weight excluding hydrogens is 292 g/mol. The molecule has 2 aromatic rings. The number of benzene rings is 1. The minimum absolute atomic E-state index is 0.0597. The Morgan fingerprint density at radius 2 is 1.95 bits per heavy atom. The number of hydrogen-bond acceptors (Lipinski definition) is 3. The van der Waals surface area contributed by atoms with E-state index in [9.17, 15) is 17.6 Å². The van der Waals surface area contributed by atoms with E-state index in [2.05, 4.69) is 10.3 Å². The van der Waals surface area contributed by atoms with Crippen molar-refractivity contribution in [2.75, 3.05) is 7.05 Å². The zero-order valence-corrected chi connectivity index (χ0v) is 11.4. The first-order valence-corrected chi connectivity index (χ1v) is 6.67. The predicted molar refractivity (Wildman–Crippen MR) is 69.1 cm³/mol. The summed E-state index contributed by atoms with van der Waals surface area (Å²) in [5.74, 6) is -0.438. The number of thiazole rings is 1. The average molecular weight is 304 g/mol. The highest BCUT2D eigenvalue weighted by molar-refractivity contribution is 7.11. The minimum atomic E-state index is -4.49. The normalized spacial score (nSPS) is 11.8. The van der Waals surface area contributed by atoms with Gasteiger partial charge < -0.3 is 5.32 Å². The van der Waals surface area contributed by atoms with Crippen LogP contribution in [0.2, 0.25) is 0 Å². The number of nitrogens with one attached hydrogen (secondary N) is 1. The summed E-state index contributed by atoms with van der Waals surface area (Å²) in [6, 6.07) is 6.00. The Hall–Kier alpha value is -1.47. The molecule has 1 heterocycles. The molecule has 0 radical (unpaired) electrons. The molecule has 2 rings (SSSR count). The van der Waals surface area contributed by atoms with Gasteiger partial charge in [-0.1, -0.05) is 18.2 Å². The Morgan fingerprint density at radius 1 is 1.25 bits per heavy atom. The lowest BCUT2D eigenvalue weighted by Gasteiger charge is -2.04. The zero-order chi connectivity index (χ0) is 14.8. The van der Waals surface area contributed by atoms with Crippen molar-refractivity contribution in [3.8, 4) is 0 Å². The van der Waals surface area contributed by atoms with Gasteiger partial charge in [-0.2, -0.15) is 13.2 Å². The molecule has 0 aliphatic heterocycles. The van der Waals surface area contributed by atoms with Crippen LogP contribution in [0.1, 0.15) is 21.1 Å². The summed E-state index contributed by atoms with van der Waals surface area (Å²) >= 11 is 0.954. The van der Waals surface area contributed by atoms with E-state index in [1.807, 2.05) is 0 Å². The van der Waals surface area contributed by atoms with Crippen LogP contribution in [-0.4, -0.2) is 12.0 Å². The van der Waals surface area contributed by atoms with Crippen molar-refractivity contribution in [3.05, 3.63) is 51.2 Å². The molecule has 1 N–H and O–H groups in total. The molecule has 0 unspecified atom stereocenters. The van der Waals surface area contributed by atoms with Crippen LogP contribution in [0.5, 0.6) is 0 Å². The number of hydrogen-bond donors (Lipinski definition) is 1. The number of nitrogens with zero attached hydrogens (tertiary/aromatic N) is 1. The molecule has 1 aromatic heterocycles. The van der Waals surface area contributed by atoms with Crippen LogP contribution in [0.3, 0.4) is 0 Å². The van der Waals surface area contributed by atoms with E-state index < -0.39 is 17.7 Å². The van der Waals surface area contributed by atoms with Crippen molar-refractivity contribution >= 4 is 11.3 Å². The van der Waals surface area contributed by atoms with Gasteiger partial charge in [0.05, 0.1) is 9.88 Å². The molecule has 108 valence electrons. The lowest BCUT2D eigenvalue weighted by molar-refractivity contribution is -0.141. The van der Waals surface area contributed by atoms with E-state index in [0.29, 0.717) is 5.56 Å². The molecular formula is C13H12F4N2S. The molecule has 0 aliphatic carbocycles. The summed E-state index contributed by atoms with van der Waals surface area (Å²) in [7, 11) is 1.57. The van der Waals surface area contributed by atoms with Gasteiger partial charge in [0.25, 0.3) is 0 Å². The standard InChI is InChI=1S/C13H12F4N2S/c1-18-7-10-12(13(15,16)17)19-11(20-10)6-8-4-2-3-5-9(8)14/h2-5,18H,6-7H2,1H3. The van der Waals surface area contributed by atoms with E-state index in [1.54, 1.807) is 19.2 Å². The van der Waals surface area contributed by atoms with Crippen molar-refractivity contribution < 1.29 is 17.6 Å². The van der Waals surface area contributed by atoms with Crippen molar-refractivity contribution in [1.29, 1.82) is 0 Å². The van der Waals surface area contributed by atoms with Crippen molar-refractivity contribution in [2.24, 2.45) is 0 Å². The van der Waals surface area contributed by atoms with Gasteiger partial charge in [0, 0.05) is 13.0 Å².